The molecule has 0 atom stereocenters. The summed E-state index contributed by atoms with van der Waals surface area (Å²) in [5, 5.41) is 0. The number of hydrogen-bond donors (Lipinski definition) is 0. The van der Waals surface area contributed by atoms with Gasteiger partial charge in [0.1, 0.15) is 12.1 Å². The highest BCUT2D eigenvalue weighted by Crippen LogP contribution is 2.26. The second-order valence-corrected chi connectivity index (χ2v) is 6.44. The van der Waals surface area contributed by atoms with Crippen LogP contribution in [0.3, 0.4) is 0 Å². The number of aryl methyl sites for hydroxylation is 1. The quantitative estimate of drug-likeness (QED) is 0.567. The zero-order chi connectivity index (χ0) is 17.4. The molecule has 126 valence electrons. The van der Waals surface area contributed by atoms with Crippen molar-refractivity contribution >= 4 is 11.0 Å². The number of aromatic nitrogens is 3. The van der Waals surface area contributed by atoms with E-state index in [0.29, 0.717) is 5.89 Å². The van der Waals surface area contributed by atoms with E-state index < -0.39 is 0 Å². The lowest BCUT2D eigenvalue weighted by molar-refractivity contribution is 0.396. The first-order chi connectivity index (χ1) is 12.1. The number of oxazole rings is 1. The number of rotatable bonds is 4. The van der Waals surface area contributed by atoms with Gasteiger partial charge in [0.25, 0.3) is 0 Å². The van der Waals surface area contributed by atoms with Gasteiger partial charge in [-0.05, 0) is 38.4 Å². The Balaban J connectivity index is 1.65. The highest BCUT2D eigenvalue weighted by molar-refractivity contribution is 5.80. The molecule has 2 aromatic heterocycles. The Bertz CT molecular complexity index is 1010. The van der Waals surface area contributed by atoms with E-state index in [2.05, 4.69) is 32.7 Å². The van der Waals surface area contributed by atoms with Crippen molar-refractivity contribution in [2.45, 2.75) is 6.54 Å². The Morgan fingerprint density at radius 1 is 0.960 bits per heavy atom. The van der Waals surface area contributed by atoms with E-state index in [1.54, 1.807) is 6.26 Å². The summed E-state index contributed by atoms with van der Waals surface area (Å²) in [4.78, 5) is 11.4. The van der Waals surface area contributed by atoms with Crippen molar-refractivity contribution < 1.29 is 4.42 Å². The van der Waals surface area contributed by atoms with Gasteiger partial charge in [0.2, 0.25) is 5.89 Å². The van der Waals surface area contributed by atoms with Crippen LogP contribution in [0.2, 0.25) is 0 Å². The third-order valence-electron chi connectivity index (χ3n) is 4.21. The van der Waals surface area contributed by atoms with Crippen molar-refractivity contribution in [3.05, 3.63) is 60.5 Å². The molecule has 0 saturated heterocycles. The summed E-state index contributed by atoms with van der Waals surface area (Å²) in [6, 6.07) is 16.3. The van der Waals surface area contributed by atoms with E-state index >= 15 is 0 Å². The van der Waals surface area contributed by atoms with E-state index in [1.807, 2.05) is 51.5 Å². The van der Waals surface area contributed by atoms with Gasteiger partial charge in [-0.3, -0.25) is 0 Å². The van der Waals surface area contributed by atoms with Gasteiger partial charge in [-0.25, -0.2) is 9.97 Å². The predicted octanol–water partition coefficient (Wildman–Crippen LogP) is 3.96. The van der Waals surface area contributed by atoms with Crippen LogP contribution in [0, 0.1) is 0 Å². The van der Waals surface area contributed by atoms with E-state index in [9.17, 15) is 0 Å². The van der Waals surface area contributed by atoms with Crippen LogP contribution in [0.15, 0.2) is 59.2 Å². The first-order valence-electron chi connectivity index (χ1n) is 8.23. The second-order valence-electron chi connectivity index (χ2n) is 6.44. The van der Waals surface area contributed by atoms with Crippen LogP contribution in [-0.2, 0) is 13.6 Å². The molecule has 4 aromatic rings. The molecule has 2 aromatic carbocycles. The molecule has 0 spiro atoms. The fourth-order valence-electron chi connectivity index (χ4n) is 3.00. The van der Waals surface area contributed by atoms with Crippen molar-refractivity contribution in [3.63, 3.8) is 0 Å². The van der Waals surface area contributed by atoms with Gasteiger partial charge in [-0.2, -0.15) is 0 Å². The molecule has 5 nitrogen and oxygen atoms in total. The van der Waals surface area contributed by atoms with Crippen LogP contribution in [0.5, 0.6) is 0 Å². The van der Waals surface area contributed by atoms with Crippen LogP contribution >= 0.6 is 0 Å². The summed E-state index contributed by atoms with van der Waals surface area (Å²) in [6.07, 6.45) is 1.72. The zero-order valence-electron chi connectivity index (χ0n) is 14.6. The number of imidazole rings is 1. The molecular formula is C20H20N4O. The van der Waals surface area contributed by atoms with E-state index in [-0.39, 0.29) is 0 Å². The summed E-state index contributed by atoms with van der Waals surface area (Å²) in [7, 11) is 6.07. The van der Waals surface area contributed by atoms with Crippen molar-refractivity contribution in [1.82, 2.24) is 19.4 Å². The SMILES string of the molecule is CN(C)Cc1coc(-c2ccc(-c3nc4ccccc4n3C)cc2)n1. The third kappa shape index (κ3) is 2.94. The summed E-state index contributed by atoms with van der Waals surface area (Å²) < 4.78 is 7.73. The molecule has 0 aliphatic carbocycles. The summed E-state index contributed by atoms with van der Waals surface area (Å²) >= 11 is 0. The Morgan fingerprint density at radius 3 is 2.40 bits per heavy atom. The van der Waals surface area contributed by atoms with E-state index in [0.717, 1.165) is 40.2 Å². The Hall–Kier alpha value is -2.92. The minimum atomic E-state index is 0.647. The van der Waals surface area contributed by atoms with E-state index in [4.69, 9.17) is 9.40 Å². The molecule has 2 heterocycles. The van der Waals surface area contributed by atoms with Gasteiger partial charge >= 0.3 is 0 Å². The fourth-order valence-corrected chi connectivity index (χ4v) is 3.00. The first kappa shape index (κ1) is 15.6. The number of benzene rings is 2. The smallest absolute Gasteiger partial charge is 0.226 e. The van der Waals surface area contributed by atoms with Crippen LogP contribution < -0.4 is 0 Å². The third-order valence-corrected chi connectivity index (χ3v) is 4.21. The Labute approximate surface area is 146 Å². The molecule has 0 amide bonds. The molecule has 0 bridgehead atoms. The Kier molecular flexibility index (Phi) is 3.86. The number of fused-ring (bicyclic) bond motifs is 1. The largest absolute Gasteiger partial charge is 0.444 e. The van der Waals surface area contributed by atoms with Crippen molar-refractivity contribution in [2.75, 3.05) is 14.1 Å². The minimum Gasteiger partial charge on any atom is -0.444 e. The Morgan fingerprint density at radius 2 is 1.68 bits per heavy atom. The lowest BCUT2D eigenvalue weighted by Crippen LogP contribution is -2.10. The molecule has 0 unspecified atom stereocenters. The summed E-state index contributed by atoms with van der Waals surface area (Å²) in [6.45, 7) is 0.765. The maximum Gasteiger partial charge on any atom is 0.226 e. The van der Waals surface area contributed by atoms with Crippen molar-refractivity contribution in [1.29, 1.82) is 0 Å². The van der Waals surface area contributed by atoms with Crippen LogP contribution in [0.4, 0.5) is 0 Å². The lowest BCUT2D eigenvalue weighted by Gasteiger charge is -2.05. The number of hydrogen-bond acceptors (Lipinski definition) is 4. The highest BCUT2D eigenvalue weighted by Gasteiger charge is 2.11. The maximum absolute atomic E-state index is 5.61. The van der Waals surface area contributed by atoms with Crippen molar-refractivity contribution in [2.24, 2.45) is 7.05 Å². The van der Waals surface area contributed by atoms with Crippen LogP contribution in [-0.4, -0.2) is 33.5 Å². The molecule has 5 heteroatoms. The van der Waals surface area contributed by atoms with Gasteiger partial charge in [0.05, 0.1) is 16.7 Å². The van der Waals surface area contributed by atoms with Crippen LogP contribution in [0.25, 0.3) is 33.9 Å². The topological polar surface area (TPSA) is 47.1 Å². The molecule has 0 radical (unpaired) electrons. The maximum atomic E-state index is 5.61. The average molecular weight is 332 g/mol. The first-order valence-corrected chi connectivity index (χ1v) is 8.23. The van der Waals surface area contributed by atoms with Gasteiger partial charge in [-0.15, -0.1) is 0 Å². The molecule has 0 fully saturated rings. The average Bonchev–Trinajstić information content (AvgIpc) is 3.20. The molecule has 4 rings (SSSR count). The number of para-hydroxylation sites is 2. The van der Waals surface area contributed by atoms with Gasteiger partial charge in [0.15, 0.2) is 0 Å². The minimum absolute atomic E-state index is 0.647. The second kappa shape index (κ2) is 6.18. The molecule has 0 N–H and O–H groups in total. The molecular weight excluding hydrogens is 312 g/mol. The van der Waals surface area contributed by atoms with Gasteiger partial charge in [-0.1, -0.05) is 24.3 Å². The highest BCUT2D eigenvalue weighted by atomic mass is 16.3. The zero-order valence-corrected chi connectivity index (χ0v) is 14.6. The van der Waals surface area contributed by atoms with Gasteiger partial charge in [0, 0.05) is 24.7 Å². The molecule has 0 saturated carbocycles. The predicted molar refractivity (Wildman–Crippen MR) is 99.0 cm³/mol. The lowest BCUT2D eigenvalue weighted by atomic mass is 10.1. The molecule has 0 aliphatic rings. The molecule has 0 aliphatic heterocycles. The van der Waals surface area contributed by atoms with Crippen LogP contribution in [0.1, 0.15) is 5.69 Å². The standard InChI is InChI=1S/C20H20N4O/c1-23(2)12-16-13-25-20(21-16)15-10-8-14(9-11-15)19-22-17-6-4-5-7-18(17)24(19)3/h4-11,13H,12H2,1-3H3. The monoisotopic (exact) mass is 332 g/mol. The van der Waals surface area contributed by atoms with Crippen molar-refractivity contribution in [3.8, 4) is 22.8 Å². The van der Waals surface area contributed by atoms with Gasteiger partial charge < -0.3 is 13.9 Å². The fraction of sp³-hybridized carbons (Fsp3) is 0.200. The van der Waals surface area contributed by atoms with E-state index in [1.165, 1.54) is 0 Å². The summed E-state index contributed by atoms with van der Waals surface area (Å²) in [5.41, 5.74) is 5.10. The summed E-state index contributed by atoms with van der Waals surface area (Å²) in [5.74, 6) is 1.60. The molecule has 25 heavy (non-hydrogen) atoms. The normalized spacial score (nSPS) is 11.5. The number of nitrogens with zero attached hydrogens (tertiary/aromatic N) is 4.